The van der Waals surface area contributed by atoms with Crippen LogP contribution in [0.4, 0.5) is 0 Å². The molecule has 1 rings (SSSR count). The van der Waals surface area contributed by atoms with Gasteiger partial charge in [-0.1, -0.05) is 26.8 Å². The summed E-state index contributed by atoms with van der Waals surface area (Å²) >= 11 is 1.72. The minimum atomic E-state index is -0.144. The number of nitrogens with one attached hydrogen (secondary N) is 1. The molecule has 1 aromatic rings. The van der Waals surface area contributed by atoms with E-state index in [9.17, 15) is 4.79 Å². The molecule has 0 radical (unpaired) electrons. The van der Waals surface area contributed by atoms with Crippen molar-refractivity contribution >= 4 is 29.7 Å². The average Bonchev–Trinajstić information content (AvgIpc) is 2.78. The highest BCUT2D eigenvalue weighted by atomic mass is 35.5. The van der Waals surface area contributed by atoms with Crippen LogP contribution in [0.1, 0.15) is 32.6 Å². The Balaban J connectivity index is 0.00000289. The lowest BCUT2D eigenvalue weighted by atomic mass is 9.91. The Morgan fingerprint density at radius 3 is 2.56 bits per heavy atom. The average molecular weight is 291 g/mol. The zero-order chi connectivity index (χ0) is 13.1. The molecule has 0 saturated carbocycles. The van der Waals surface area contributed by atoms with E-state index < -0.39 is 0 Å². The number of thiophene rings is 1. The summed E-state index contributed by atoms with van der Waals surface area (Å²) in [7, 11) is 0. The molecular formula is C13H23ClN2OS. The summed E-state index contributed by atoms with van der Waals surface area (Å²) < 4.78 is 0. The van der Waals surface area contributed by atoms with E-state index in [1.54, 1.807) is 11.3 Å². The summed E-state index contributed by atoms with van der Waals surface area (Å²) in [6.07, 6.45) is 0. The van der Waals surface area contributed by atoms with Crippen molar-refractivity contribution in [2.45, 2.75) is 39.2 Å². The molecule has 3 nitrogen and oxygen atoms in total. The van der Waals surface area contributed by atoms with Gasteiger partial charge in [-0.05, 0) is 18.4 Å². The molecule has 0 aliphatic rings. The van der Waals surface area contributed by atoms with Gasteiger partial charge in [-0.15, -0.1) is 23.7 Å². The molecule has 0 spiro atoms. The van der Waals surface area contributed by atoms with Crippen LogP contribution < -0.4 is 11.1 Å². The van der Waals surface area contributed by atoms with Gasteiger partial charge < -0.3 is 11.1 Å². The molecule has 1 amide bonds. The van der Waals surface area contributed by atoms with E-state index in [2.05, 4.69) is 30.6 Å². The van der Waals surface area contributed by atoms with Crippen LogP contribution in [0.2, 0.25) is 0 Å². The maximum absolute atomic E-state index is 11.8. The lowest BCUT2D eigenvalue weighted by Gasteiger charge is -2.25. The summed E-state index contributed by atoms with van der Waals surface area (Å²) in [6.45, 7) is 8.63. The van der Waals surface area contributed by atoms with Crippen LogP contribution in [0.15, 0.2) is 17.5 Å². The molecule has 0 fully saturated rings. The van der Waals surface area contributed by atoms with Crippen LogP contribution in [0.3, 0.4) is 0 Å². The highest BCUT2D eigenvalue weighted by molar-refractivity contribution is 7.10. The van der Waals surface area contributed by atoms with Crippen LogP contribution in [-0.2, 0) is 10.2 Å². The fourth-order valence-corrected chi connectivity index (χ4v) is 2.31. The van der Waals surface area contributed by atoms with Gasteiger partial charge in [0.05, 0.1) is 0 Å². The molecule has 0 bridgehead atoms. The number of hydrogen-bond donors (Lipinski definition) is 2. The number of carbonyl (C=O) groups excluding carboxylic acids is 1. The molecule has 104 valence electrons. The molecule has 5 heteroatoms. The summed E-state index contributed by atoms with van der Waals surface area (Å²) in [5.74, 6) is -0.112. The maximum atomic E-state index is 11.8. The van der Waals surface area contributed by atoms with Crippen molar-refractivity contribution in [2.75, 3.05) is 6.54 Å². The lowest BCUT2D eigenvalue weighted by Crippen LogP contribution is -2.43. The van der Waals surface area contributed by atoms with Gasteiger partial charge in [0.25, 0.3) is 0 Å². The van der Waals surface area contributed by atoms with Crippen molar-refractivity contribution in [1.29, 1.82) is 0 Å². The molecule has 18 heavy (non-hydrogen) atoms. The Bertz CT molecular complexity index is 363. The van der Waals surface area contributed by atoms with Gasteiger partial charge in [0.1, 0.15) is 0 Å². The first-order chi connectivity index (χ1) is 7.84. The standard InChI is InChI=1S/C13H22N2OS.ClH/c1-9(10(2)14)12(16)15-8-13(3,4)11-6-5-7-17-11;/h5-7,9-10H,8,14H2,1-4H3,(H,15,16);1H. The first-order valence-electron chi connectivity index (χ1n) is 5.92. The van der Waals surface area contributed by atoms with Crippen molar-refractivity contribution in [3.63, 3.8) is 0 Å². The third-order valence-corrected chi connectivity index (χ3v) is 4.33. The van der Waals surface area contributed by atoms with Crippen LogP contribution >= 0.6 is 23.7 Å². The third kappa shape index (κ3) is 4.59. The fourth-order valence-electron chi connectivity index (χ4n) is 1.46. The third-order valence-electron chi connectivity index (χ3n) is 3.10. The molecule has 1 heterocycles. The van der Waals surface area contributed by atoms with Gasteiger partial charge in [-0.3, -0.25) is 4.79 Å². The Labute approximate surface area is 120 Å². The van der Waals surface area contributed by atoms with Gasteiger partial charge in [-0.25, -0.2) is 0 Å². The van der Waals surface area contributed by atoms with Crippen molar-refractivity contribution < 1.29 is 4.79 Å². The molecule has 0 aliphatic heterocycles. The second-order valence-electron chi connectivity index (χ2n) is 5.23. The Morgan fingerprint density at radius 1 is 1.50 bits per heavy atom. The number of hydrogen-bond acceptors (Lipinski definition) is 3. The van der Waals surface area contributed by atoms with Gasteiger partial charge >= 0.3 is 0 Å². The van der Waals surface area contributed by atoms with E-state index >= 15 is 0 Å². The number of amides is 1. The van der Waals surface area contributed by atoms with Gasteiger partial charge in [-0.2, -0.15) is 0 Å². The normalized spacial score (nSPS) is 14.5. The van der Waals surface area contributed by atoms with E-state index in [0.29, 0.717) is 6.54 Å². The fraction of sp³-hybridized carbons (Fsp3) is 0.615. The molecule has 2 unspecified atom stereocenters. The predicted octanol–water partition coefficient (Wildman–Crippen LogP) is 2.55. The minimum absolute atomic E-state index is 0. The van der Waals surface area contributed by atoms with E-state index in [1.165, 1.54) is 4.88 Å². The summed E-state index contributed by atoms with van der Waals surface area (Å²) in [6, 6.07) is 4.03. The number of nitrogens with two attached hydrogens (primary N) is 1. The molecular weight excluding hydrogens is 268 g/mol. The van der Waals surface area contributed by atoms with E-state index in [1.807, 2.05) is 19.9 Å². The van der Waals surface area contributed by atoms with Crippen LogP contribution in [-0.4, -0.2) is 18.5 Å². The van der Waals surface area contributed by atoms with Crippen molar-refractivity contribution in [1.82, 2.24) is 5.32 Å². The molecule has 0 aromatic carbocycles. The van der Waals surface area contributed by atoms with Gasteiger partial charge in [0.15, 0.2) is 0 Å². The van der Waals surface area contributed by atoms with Gasteiger partial charge in [0, 0.05) is 28.8 Å². The molecule has 1 aromatic heterocycles. The second kappa shape index (κ2) is 7.12. The molecule has 0 saturated heterocycles. The highest BCUT2D eigenvalue weighted by Gasteiger charge is 2.24. The van der Waals surface area contributed by atoms with Crippen molar-refractivity contribution in [2.24, 2.45) is 11.7 Å². The topological polar surface area (TPSA) is 55.1 Å². The highest BCUT2D eigenvalue weighted by Crippen LogP contribution is 2.26. The number of carbonyl (C=O) groups is 1. The van der Waals surface area contributed by atoms with E-state index in [0.717, 1.165) is 0 Å². The van der Waals surface area contributed by atoms with E-state index in [4.69, 9.17) is 5.73 Å². The first kappa shape index (κ1) is 17.4. The van der Waals surface area contributed by atoms with E-state index in [-0.39, 0.29) is 35.7 Å². The summed E-state index contributed by atoms with van der Waals surface area (Å²) in [4.78, 5) is 13.1. The van der Waals surface area contributed by atoms with Crippen molar-refractivity contribution in [3.05, 3.63) is 22.4 Å². The zero-order valence-corrected chi connectivity index (χ0v) is 13.0. The zero-order valence-electron chi connectivity index (χ0n) is 11.4. The quantitative estimate of drug-likeness (QED) is 0.876. The Hall–Kier alpha value is -0.580. The van der Waals surface area contributed by atoms with Crippen molar-refractivity contribution in [3.8, 4) is 0 Å². The minimum Gasteiger partial charge on any atom is -0.355 e. The number of rotatable bonds is 5. The smallest absolute Gasteiger partial charge is 0.224 e. The Kier molecular flexibility index (Phi) is 6.89. The van der Waals surface area contributed by atoms with Gasteiger partial charge in [0.2, 0.25) is 5.91 Å². The SMILES string of the molecule is CC(N)C(C)C(=O)NCC(C)(C)c1cccs1.Cl. The van der Waals surface area contributed by atoms with Crippen LogP contribution in [0.5, 0.6) is 0 Å². The maximum Gasteiger partial charge on any atom is 0.224 e. The van der Waals surface area contributed by atoms with Crippen LogP contribution in [0.25, 0.3) is 0 Å². The summed E-state index contributed by atoms with van der Waals surface area (Å²) in [5.41, 5.74) is 5.69. The van der Waals surface area contributed by atoms with Crippen LogP contribution in [0, 0.1) is 5.92 Å². The molecule has 3 N–H and O–H groups in total. The molecule has 0 aliphatic carbocycles. The first-order valence-corrected chi connectivity index (χ1v) is 6.80. The Morgan fingerprint density at radius 2 is 2.11 bits per heavy atom. The summed E-state index contributed by atoms with van der Waals surface area (Å²) in [5, 5.41) is 5.04. The largest absolute Gasteiger partial charge is 0.355 e. The monoisotopic (exact) mass is 290 g/mol. The number of halogens is 1. The predicted molar refractivity (Wildman–Crippen MR) is 80.4 cm³/mol. The second-order valence-corrected chi connectivity index (χ2v) is 6.17. The lowest BCUT2D eigenvalue weighted by molar-refractivity contribution is -0.125. The molecule has 2 atom stereocenters.